The maximum atomic E-state index is 14.4. The Labute approximate surface area is 162 Å². The second kappa shape index (κ2) is 7.92. The topological polar surface area (TPSA) is 66.1 Å². The molecule has 0 unspecified atom stereocenters. The van der Waals surface area contributed by atoms with Crippen LogP contribution in [-0.4, -0.2) is 17.4 Å². The number of carbonyl (C=O) groups is 1. The number of pyridine rings is 1. The summed E-state index contributed by atoms with van der Waals surface area (Å²) < 4.78 is 14.4. The van der Waals surface area contributed by atoms with Crippen LogP contribution in [0.25, 0.3) is 5.57 Å². The summed E-state index contributed by atoms with van der Waals surface area (Å²) in [5, 5.41) is 8.90. The number of benzene rings is 2. The second-order valence-electron chi connectivity index (χ2n) is 6.39. The molecule has 1 aromatic heterocycles. The number of para-hydroxylation sites is 1. The maximum Gasteiger partial charge on any atom is 0.257 e. The van der Waals surface area contributed by atoms with E-state index in [0.29, 0.717) is 29.9 Å². The first-order valence-corrected chi connectivity index (χ1v) is 9.01. The van der Waals surface area contributed by atoms with Crippen molar-refractivity contribution in [2.24, 2.45) is 0 Å². The van der Waals surface area contributed by atoms with Gasteiger partial charge < -0.3 is 16.0 Å². The van der Waals surface area contributed by atoms with Crippen molar-refractivity contribution in [2.75, 3.05) is 22.5 Å². The van der Waals surface area contributed by atoms with Crippen LogP contribution in [0.3, 0.4) is 0 Å². The van der Waals surface area contributed by atoms with Crippen LogP contribution < -0.4 is 16.0 Å². The summed E-state index contributed by atoms with van der Waals surface area (Å²) in [5.41, 5.74) is 4.08. The van der Waals surface area contributed by atoms with Gasteiger partial charge in [-0.05, 0) is 36.4 Å². The van der Waals surface area contributed by atoms with Gasteiger partial charge in [0.1, 0.15) is 5.82 Å². The highest BCUT2D eigenvalue weighted by atomic mass is 19.1. The van der Waals surface area contributed by atoms with Crippen molar-refractivity contribution in [1.29, 1.82) is 0 Å². The van der Waals surface area contributed by atoms with Gasteiger partial charge in [-0.25, -0.2) is 4.39 Å². The Morgan fingerprint density at radius 3 is 2.75 bits per heavy atom. The summed E-state index contributed by atoms with van der Waals surface area (Å²) in [6.07, 6.45) is 4.05. The van der Waals surface area contributed by atoms with Crippen molar-refractivity contribution in [3.63, 3.8) is 0 Å². The molecule has 0 spiro atoms. The lowest BCUT2D eigenvalue weighted by atomic mass is 10.1. The first-order chi connectivity index (χ1) is 13.7. The van der Waals surface area contributed by atoms with E-state index in [1.807, 2.05) is 42.5 Å². The molecule has 2 aromatic carbocycles. The van der Waals surface area contributed by atoms with Crippen LogP contribution in [0.4, 0.5) is 21.5 Å². The van der Waals surface area contributed by atoms with Gasteiger partial charge in [0.2, 0.25) is 0 Å². The molecule has 1 amide bonds. The zero-order valence-electron chi connectivity index (χ0n) is 15.1. The Balaban J connectivity index is 1.40. The van der Waals surface area contributed by atoms with Crippen molar-refractivity contribution in [3.8, 4) is 0 Å². The van der Waals surface area contributed by atoms with Gasteiger partial charge in [-0.1, -0.05) is 24.3 Å². The molecule has 2 heterocycles. The minimum atomic E-state index is -0.360. The van der Waals surface area contributed by atoms with E-state index in [2.05, 4.69) is 20.9 Å². The predicted molar refractivity (Wildman–Crippen MR) is 110 cm³/mol. The molecule has 3 aromatic rings. The van der Waals surface area contributed by atoms with Gasteiger partial charge >= 0.3 is 0 Å². The van der Waals surface area contributed by atoms with Crippen LogP contribution in [0.2, 0.25) is 0 Å². The van der Waals surface area contributed by atoms with Crippen LogP contribution in [0.1, 0.15) is 11.3 Å². The van der Waals surface area contributed by atoms with Gasteiger partial charge in [-0.3, -0.25) is 9.78 Å². The average molecular weight is 374 g/mol. The highest BCUT2D eigenvalue weighted by Crippen LogP contribution is 2.31. The molecule has 0 radical (unpaired) electrons. The first-order valence-electron chi connectivity index (χ1n) is 9.01. The van der Waals surface area contributed by atoms with Crippen LogP contribution in [0.15, 0.2) is 73.1 Å². The van der Waals surface area contributed by atoms with Gasteiger partial charge in [-0.2, -0.15) is 0 Å². The van der Waals surface area contributed by atoms with E-state index >= 15 is 0 Å². The third kappa shape index (κ3) is 3.86. The number of nitrogens with zero attached hydrogens (tertiary/aromatic N) is 1. The third-order valence-corrected chi connectivity index (χ3v) is 4.49. The molecule has 0 fully saturated rings. The van der Waals surface area contributed by atoms with Crippen molar-refractivity contribution in [3.05, 3.63) is 90.1 Å². The molecule has 0 bridgehead atoms. The molecule has 0 saturated heterocycles. The fraction of sp³-hybridized carbons (Fsp3) is 0.0909. The molecule has 1 aliphatic heterocycles. The standard InChI is InChI=1S/C22H19FN4O/c23-19-13-16(8-9-21(19)25-12-10-15-5-3-4-11-24-15)26-14-18-17-6-1-2-7-20(17)27-22(18)28/h1-9,11,13-14,25-26H,10,12H2,(H,27,28)/b18-14+. The number of hydrogen-bond donors (Lipinski definition) is 3. The lowest BCUT2D eigenvalue weighted by molar-refractivity contribution is -0.110. The van der Waals surface area contributed by atoms with Crippen LogP contribution in [0.5, 0.6) is 0 Å². The summed E-state index contributed by atoms with van der Waals surface area (Å²) >= 11 is 0. The molecule has 3 N–H and O–H groups in total. The van der Waals surface area contributed by atoms with E-state index < -0.39 is 0 Å². The molecule has 4 rings (SSSR count). The number of anilines is 3. The Hall–Kier alpha value is -3.67. The average Bonchev–Trinajstić information content (AvgIpc) is 3.04. The normalized spacial score (nSPS) is 13.9. The van der Waals surface area contributed by atoms with Crippen molar-refractivity contribution >= 4 is 28.5 Å². The molecule has 0 aliphatic carbocycles. The number of amides is 1. The molecule has 1 aliphatic rings. The number of aromatic nitrogens is 1. The SMILES string of the molecule is O=C1Nc2ccccc2/C1=C\Nc1ccc(NCCc2ccccn2)c(F)c1. The number of hydrogen-bond acceptors (Lipinski definition) is 4. The number of halogens is 1. The minimum Gasteiger partial charge on any atom is -0.382 e. The molecule has 0 saturated carbocycles. The summed E-state index contributed by atoms with van der Waals surface area (Å²) in [6.45, 7) is 0.585. The Morgan fingerprint density at radius 1 is 1.07 bits per heavy atom. The largest absolute Gasteiger partial charge is 0.382 e. The van der Waals surface area contributed by atoms with Gasteiger partial charge in [-0.15, -0.1) is 0 Å². The fourth-order valence-electron chi connectivity index (χ4n) is 3.06. The zero-order valence-corrected chi connectivity index (χ0v) is 15.1. The van der Waals surface area contributed by atoms with Crippen LogP contribution >= 0.6 is 0 Å². The van der Waals surface area contributed by atoms with Gasteiger partial charge in [0, 0.05) is 48.0 Å². The predicted octanol–water partition coefficient (Wildman–Crippen LogP) is 4.28. The fourth-order valence-corrected chi connectivity index (χ4v) is 3.06. The van der Waals surface area contributed by atoms with Gasteiger partial charge in [0.15, 0.2) is 0 Å². The summed E-state index contributed by atoms with van der Waals surface area (Å²) in [6, 6.07) is 18.0. The van der Waals surface area contributed by atoms with Gasteiger partial charge in [0.05, 0.1) is 11.3 Å². The van der Waals surface area contributed by atoms with Crippen molar-refractivity contribution in [1.82, 2.24) is 4.98 Å². The molecular weight excluding hydrogens is 355 g/mol. The van der Waals surface area contributed by atoms with E-state index in [0.717, 1.165) is 16.9 Å². The van der Waals surface area contributed by atoms with Crippen LogP contribution in [-0.2, 0) is 11.2 Å². The lowest BCUT2D eigenvalue weighted by Gasteiger charge is -2.09. The van der Waals surface area contributed by atoms with Crippen molar-refractivity contribution in [2.45, 2.75) is 6.42 Å². The zero-order chi connectivity index (χ0) is 19.3. The van der Waals surface area contributed by atoms with E-state index in [1.165, 1.54) is 6.07 Å². The summed E-state index contributed by atoms with van der Waals surface area (Å²) in [5.74, 6) is -0.539. The monoisotopic (exact) mass is 374 g/mol. The quantitative estimate of drug-likeness (QED) is 0.564. The summed E-state index contributed by atoms with van der Waals surface area (Å²) in [4.78, 5) is 16.3. The maximum absolute atomic E-state index is 14.4. The van der Waals surface area contributed by atoms with E-state index in [4.69, 9.17) is 0 Å². The minimum absolute atomic E-state index is 0.179. The van der Waals surface area contributed by atoms with Gasteiger partial charge in [0.25, 0.3) is 5.91 Å². The lowest BCUT2D eigenvalue weighted by Crippen LogP contribution is -2.07. The first kappa shape index (κ1) is 17.7. The van der Waals surface area contributed by atoms with Crippen LogP contribution in [0, 0.1) is 5.82 Å². The van der Waals surface area contributed by atoms with E-state index in [-0.39, 0.29) is 11.7 Å². The van der Waals surface area contributed by atoms with E-state index in [9.17, 15) is 9.18 Å². The number of carbonyl (C=O) groups excluding carboxylic acids is 1. The molecule has 28 heavy (non-hydrogen) atoms. The molecular formula is C22H19FN4O. The smallest absolute Gasteiger partial charge is 0.257 e. The molecule has 0 atom stereocenters. The van der Waals surface area contributed by atoms with Crippen molar-refractivity contribution < 1.29 is 9.18 Å². The highest BCUT2D eigenvalue weighted by molar-refractivity contribution is 6.31. The highest BCUT2D eigenvalue weighted by Gasteiger charge is 2.23. The summed E-state index contributed by atoms with van der Waals surface area (Å²) in [7, 11) is 0. The molecule has 5 nitrogen and oxygen atoms in total. The molecule has 6 heteroatoms. The Bertz CT molecular complexity index is 1030. The van der Waals surface area contributed by atoms with E-state index in [1.54, 1.807) is 24.5 Å². The third-order valence-electron chi connectivity index (χ3n) is 4.49. The Morgan fingerprint density at radius 2 is 1.93 bits per heavy atom. The molecule has 140 valence electrons. The second-order valence-corrected chi connectivity index (χ2v) is 6.39. The number of nitrogens with one attached hydrogen (secondary N) is 3. The number of rotatable bonds is 6. The Kier molecular flexibility index (Phi) is 5.01. The number of fused-ring (bicyclic) bond motifs is 1.